The molecule has 0 aliphatic carbocycles. The van der Waals surface area contributed by atoms with Gasteiger partial charge in [0.05, 0.1) is 16.2 Å². The molecule has 1 aromatic rings. The number of amides is 1. The number of nitrogens with one attached hydrogen (secondary N) is 1. The van der Waals surface area contributed by atoms with Gasteiger partial charge in [-0.05, 0) is 20.3 Å². The van der Waals surface area contributed by atoms with E-state index < -0.39 is 4.92 Å². The number of rotatable bonds is 4. The van der Waals surface area contributed by atoms with Gasteiger partial charge in [0.2, 0.25) is 0 Å². The van der Waals surface area contributed by atoms with E-state index in [9.17, 15) is 14.9 Å². The van der Waals surface area contributed by atoms with Crippen LogP contribution in [0.2, 0.25) is 0 Å². The highest BCUT2D eigenvalue weighted by atomic mass is 16.6. The first kappa shape index (κ1) is 13.1. The van der Waals surface area contributed by atoms with Crippen molar-refractivity contribution in [2.45, 2.75) is 33.2 Å². The Morgan fingerprint density at radius 1 is 1.65 bits per heavy atom. The summed E-state index contributed by atoms with van der Waals surface area (Å²) in [6.45, 7) is 5.47. The molecule has 1 heterocycles. The smallest absolute Gasteiger partial charge is 0.288 e. The van der Waals surface area contributed by atoms with E-state index in [1.807, 2.05) is 13.8 Å². The third-order valence-corrected chi connectivity index (χ3v) is 2.52. The predicted octanol–water partition coefficient (Wildman–Crippen LogP) is 1.83. The van der Waals surface area contributed by atoms with E-state index in [1.165, 1.54) is 6.07 Å². The summed E-state index contributed by atoms with van der Waals surface area (Å²) < 4.78 is 0. The fourth-order valence-electron chi connectivity index (χ4n) is 1.26. The van der Waals surface area contributed by atoms with Crippen molar-refractivity contribution in [2.24, 2.45) is 0 Å². The van der Waals surface area contributed by atoms with Gasteiger partial charge in [-0.3, -0.25) is 19.9 Å². The number of carbonyl (C=O) groups excluding carboxylic acids is 1. The van der Waals surface area contributed by atoms with Crippen LogP contribution in [-0.2, 0) is 0 Å². The Balaban J connectivity index is 3.00. The number of pyridine rings is 1. The Labute approximate surface area is 99.2 Å². The molecule has 1 atom stereocenters. The lowest BCUT2D eigenvalue weighted by Crippen LogP contribution is -2.32. The lowest BCUT2D eigenvalue weighted by molar-refractivity contribution is -0.385. The standard InChI is InChI=1S/C11H15N3O3/c1-4-7(2)13-11(15)10-5-9(14(16)17)6-12-8(10)3/h5-7H,4H2,1-3H3,(H,13,15). The zero-order valence-corrected chi connectivity index (χ0v) is 10.1. The molecule has 17 heavy (non-hydrogen) atoms. The number of nitrogens with zero attached hydrogens (tertiary/aromatic N) is 2. The summed E-state index contributed by atoms with van der Waals surface area (Å²) in [6.07, 6.45) is 1.95. The molecule has 92 valence electrons. The number of carbonyl (C=O) groups is 1. The highest BCUT2D eigenvalue weighted by Crippen LogP contribution is 2.14. The Bertz CT molecular complexity index is 446. The van der Waals surface area contributed by atoms with Gasteiger partial charge >= 0.3 is 0 Å². The van der Waals surface area contributed by atoms with E-state index in [4.69, 9.17) is 0 Å². The maximum atomic E-state index is 11.8. The van der Waals surface area contributed by atoms with Crippen LogP contribution in [0.4, 0.5) is 5.69 Å². The molecule has 0 saturated heterocycles. The molecular weight excluding hydrogens is 222 g/mol. The summed E-state index contributed by atoms with van der Waals surface area (Å²) in [7, 11) is 0. The zero-order chi connectivity index (χ0) is 13.0. The minimum absolute atomic E-state index is 0.0289. The SMILES string of the molecule is CCC(C)NC(=O)c1cc([N+](=O)[O-])cnc1C. The summed E-state index contributed by atoms with van der Waals surface area (Å²) >= 11 is 0. The fourth-order valence-corrected chi connectivity index (χ4v) is 1.26. The van der Waals surface area contributed by atoms with E-state index in [-0.39, 0.29) is 23.2 Å². The highest BCUT2D eigenvalue weighted by molar-refractivity contribution is 5.95. The second-order valence-corrected chi connectivity index (χ2v) is 3.87. The average molecular weight is 237 g/mol. The van der Waals surface area contributed by atoms with Crippen LogP contribution in [-0.4, -0.2) is 21.9 Å². The minimum atomic E-state index is -0.563. The van der Waals surface area contributed by atoms with E-state index in [2.05, 4.69) is 10.3 Å². The largest absolute Gasteiger partial charge is 0.350 e. The molecule has 0 fully saturated rings. The molecule has 0 aliphatic heterocycles. The quantitative estimate of drug-likeness (QED) is 0.639. The van der Waals surface area contributed by atoms with Crippen LogP contribution in [0.25, 0.3) is 0 Å². The Kier molecular flexibility index (Phi) is 4.14. The van der Waals surface area contributed by atoms with Crippen LogP contribution in [0, 0.1) is 17.0 Å². The number of hydrogen-bond donors (Lipinski definition) is 1. The Morgan fingerprint density at radius 2 is 2.29 bits per heavy atom. The van der Waals surface area contributed by atoms with Crippen LogP contribution in [0.3, 0.4) is 0 Å². The number of nitro groups is 1. The molecule has 1 aromatic heterocycles. The minimum Gasteiger partial charge on any atom is -0.350 e. The van der Waals surface area contributed by atoms with E-state index in [0.29, 0.717) is 5.69 Å². The van der Waals surface area contributed by atoms with Crippen LogP contribution >= 0.6 is 0 Å². The first-order valence-corrected chi connectivity index (χ1v) is 5.37. The van der Waals surface area contributed by atoms with Gasteiger partial charge < -0.3 is 5.32 Å². The Morgan fingerprint density at radius 3 is 2.82 bits per heavy atom. The molecule has 0 aromatic carbocycles. The molecule has 0 radical (unpaired) electrons. The lowest BCUT2D eigenvalue weighted by atomic mass is 10.1. The molecule has 0 saturated carbocycles. The summed E-state index contributed by atoms with van der Waals surface area (Å²) in [5.41, 5.74) is 0.556. The number of aryl methyl sites for hydroxylation is 1. The monoisotopic (exact) mass is 237 g/mol. The predicted molar refractivity (Wildman–Crippen MR) is 62.8 cm³/mol. The summed E-state index contributed by atoms with van der Waals surface area (Å²) in [5.74, 6) is -0.326. The summed E-state index contributed by atoms with van der Waals surface area (Å²) in [6, 6.07) is 1.28. The van der Waals surface area contributed by atoms with Crippen molar-refractivity contribution in [3.63, 3.8) is 0 Å². The van der Waals surface area contributed by atoms with Crippen LogP contribution < -0.4 is 5.32 Å². The average Bonchev–Trinajstić information content (AvgIpc) is 2.28. The van der Waals surface area contributed by atoms with Gasteiger partial charge in [-0.2, -0.15) is 0 Å². The molecule has 0 bridgehead atoms. The molecule has 1 rings (SSSR count). The maximum absolute atomic E-state index is 11.8. The van der Waals surface area contributed by atoms with Gasteiger partial charge in [0, 0.05) is 12.1 Å². The normalized spacial score (nSPS) is 11.9. The molecular formula is C11H15N3O3. The van der Waals surface area contributed by atoms with Crippen molar-refractivity contribution < 1.29 is 9.72 Å². The highest BCUT2D eigenvalue weighted by Gasteiger charge is 2.16. The molecule has 0 aliphatic rings. The number of hydrogen-bond acceptors (Lipinski definition) is 4. The van der Waals surface area contributed by atoms with Crippen LogP contribution in [0.1, 0.15) is 36.3 Å². The number of aromatic nitrogens is 1. The molecule has 6 nitrogen and oxygen atoms in total. The second-order valence-electron chi connectivity index (χ2n) is 3.87. The third kappa shape index (κ3) is 3.24. The van der Waals surface area contributed by atoms with Gasteiger partial charge in [-0.1, -0.05) is 6.92 Å². The zero-order valence-electron chi connectivity index (χ0n) is 10.1. The van der Waals surface area contributed by atoms with Gasteiger partial charge in [-0.15, -0.1) is 0 Å². The first-order chi connectivity index (χ1) is 7.95. The van der Waals surface area contributed by atoms with Gasteiger partial charge in [-0.25, -0.2) is 0 Å². The van der Waals surface area contributed by atoms with E-state index >= 15 is 0 Å². The second kappa shape index (κ2) is 5.38. The van der Waals surface area contributed by atoms with Crippen molar-refractivity contribution in [1.29, 1.82) is 0 Å². The van der Waals surface area contributed by atoms with Crippen LogP contribution in [0.15, 0.2) is 12.3 Å². The summed E-state index contributed by atoms with van der Waals surface area (Å²) in [5, 5.41) is 13.4. The first-order valence-electron chi connectivity index (χ1n) is 5.37. The fraction of sp³-hybridized carbons (Fsp3) is 0.455. The topological polar surface area (TPSA) is 85.1 Å². The van der Waals surface area contributed by atoms with Crippen molar-refractivity contribution in [1.82, 2.24) is 10.3 Å². The van der Waals surface area contributed by atoms with Gasteiger partial charge in [0.25, 0.3) is 11.6 Å². The third-order valence-electron chi connectivity index (χ3n) is 2.52. The van der Waals surface area contributed by atoms with Gasteiger partial charge in [0.1, 0.15) is 6.20 Å². The lowest BCUT2D eigenvalue weighted by Gasteiger charge is -2.12. The van der Waals surface area contributed by atoms with E-state index in [1.54, 1.807) is 6.92 Å². The van der Waals surface area contributed by atoms with Crippen molar-refractivity contribution in [2.75, 3.05) is 0 Å². The van der Waals surface area contributed by atoms with Crippen molar-refractivity contribution >= 4 is 11.6 Å². The van der Waals surface area contributed by atoms with Crippen LogP contribution in [0.5, 0.6) is 0 Å². The summed E-state index contributed by atoms with van der Waals surface area (Å²) in [4.78, 5) is 25.7. The van der Waals surface area contributed by atoms with Crippen molar-refractivity contribution in [3.05, 3.63) is 33.6 Å². The molecule has 1 unspecified atom stereocenters. The van der Waals surface area contributed by atoms with Crippen molar-refractivity contribution in [3.8, 4) is 0 Å². The maximum Gasteiger partial charge on any atom is 0.288 e. The van der Waals surface area contributed by atoms with Gasteiger partial charge in [0.15, 0.2) is 0 Å². The molecule has 1 amide bonds. The Hall–Kier alpha value is -1.98. The molecule has 6 heteroatoms. The molecule has 1 N–H and O–H groups in total. The molecule has 0 spiro atoms. The van der Waals surface area contributed by atoms with E-state index in [0.717, 1.165) is 12.6 Å².